The van der Waals surface area contributed by atoms with Crippen molar-refractivity contribution in [1.82, 2.24) is 10.2 Å². The summed E-state index contributed by atoms with van der Waals surface area (Å²) in [5, 5.41) is 12.3. The molecule has 0 spiro atoms. The van der Waals surface area contributed by atoms with Gasteiger partial charge in [0.2, 0.25) is 0 Å². The zero-order chi connectivity index (χ0) is 29.6. The number of methoxy groups -OCH3 is 1. The highest BCUT2D eigenvalue weighted by molar-refractivity contribution is 7.98. The van der Waals surface area contributed by atoms with E-state index in [2.05, 4.69) is 5.32 Å². The fraction of sp³-hybridized carbons (Fsp3) is 0.562. The number of hydrogen-bond acceptors (Lipinski definition) is 5. The third-order valence-corrected chi connectivity index (χ3v) is 9.18. The Kier molecular flexibility index (Phi) is 10.8. The molecule has 2 N–H and O–H groups in total. The monoisotopic (exact) mass is 588 g/mol. The van der Waals surface area contributed by atoms with Gasteiger partial charge in [0, 0.05) is 31.7 Å². The van der Waals surface area contributed by atoms with E-state index in [0.29, 0.717) is 29.8 Å². The Morgan fingerprint density at radius 3 is 2.54 bits per heavy atom. The number of amides is 1. The fourth-order valence-electron chi connectivity index (χ4n) is 6.49. The van der Waals surface area contributed by atoms with Gasteiger partial charge in [-0.1, -0.05) is 49.6 Å². The second-order valence-corrected chi connectivity index (χ2v) is 12.5. The number of aryl methyl sites for hydroxylation is 1. The summed E-state index contributed by atoms with van der Waals surface area (Å²) < 4.78 is 35.6. The number of rotatable bonds is 12. The Balaban J connectivity index is 1.65. The Morgan fingerprint density at radius 1 is 1.15 bits per heavy atom. The molecule has 2 aromatic carbocycles. The van der Waals surface area contributed by atoms with Crippen LogP contribution in [0.4, 0.5) is 8.78 Å². The highest BCUT2D eigenvalue weighted by Crippen LogP contribution is 2.40. The average molecular weight is 589 g/mol. The molecule has 1 unspecified atom stereocenters. The number of carbonyl (C=O) groups is 2. The molecule has 1 saturated heterocycles. The van der Waals surface area contributed by atoms with Crippen molar-refractivity contribution < 1.29 is 28.2 Å². The van der Waals surface area contributed by atoms with Crippen molar-refractivity contribution in [2.24, 2.45) is 5.92 Å². The van der Waals surface area contributed by atoms with Crippen LogP contribution in [0, 0.1) is 12.8 Å². The summed E-state index contributed by atoms with van der Waals surface area (Å²) in [5.41, 5.74) is 3.64. The fourth-order valence-corrected chi connectivity index (χ4v) is 6.96. The predicted octanol–water partition coefficient (Wildman–Crippen LogP) is 6.40. The van der Waals surface area contributed by atoms with Crippen molar-refractivity contribution in [2.75, 3.05) is 25.7 Å². The Bertz CT molecular complexity index is 1200. The number of thioether (sulfide) groups is 1. The van der Waals surface area contributed by atoms with Gasteiger partial charge in [0.05, 0.1) is 12.6 Å². The smallest absolute Gasteiger partial charge is 0.326 e. The molecule has 6 nitrogen and oxygen atoms in total. The van der Waals surface area contributed by atoms with Crippen LogP contribution >= 0.6 is 11.8 Å². The van der Waals surface area contributed by atoms with Crippen LogP contribution in [-0.2, 0) is 16.1 Å². The molecule has 1 amide bonds. The lowest BCUT2D eigenvalue weighted by Gasteiger charge is -2.37. The van der Waals surface area contributed by atoms with Gasteiger partial charge in [-0.05, 0) is 78.5 Å². The van der Waals surface area contributed by atoms with E-state index in [4.69, 9.17) is 4.74 Å². The van der Waals surface area contributed by atoms with Gasteiger partial charge >= 0.3 is 5.97 Å². The summed E-state index contributed by atoms with van der Waals surface area (Å²) in [6.45, 7) is 1.92. The Hall–Kier alpha value is -2.49. The van der Waals surface area contributed by atoms with Crippen molar-refractivity contribution in [2.45, 2.75) is 82.5 Å². The summed E-state index contributed by atoms with van der Waals surface area (Å²) >= 11 is 1.52. The first-order chi connectivity index (χ1) is 19.6. The van der Waals surface area contributed by atoms with Crippen LogP contribution in [0.25, 0.3) is 11.1 Å². The highest BCUT2D eigenvalue weighted by Gasteiger charge is 2.49. The average Bonchev–Trinajstić information content (AvgIpc) is 3.25. The molecule has 1 heterocycles. The second-order valence-electron chi connectivity index (χ2n) is 11.5. The van der Waals surface area contributed by atoms with E-state index in [1.165, 1.54) is 18.2 Å². The van der Waals surface area contributed by atoms with Crippen molar-refractivity contribution in [3.05, 3.63) is 59.2 Å². The minimum Gasteiger partial charge on any atom is -0.480 e. The van der Waals surface area contributed by atoms with Gasteiger partial charge in [0.15, 0.2) is 0 Å². The normalized spacial score (nSPS) is 21.0. The van der Waals surface area contributed by atoms with E-state index in [9.17, 15) is 23.5 Å². The van der Waals surface area contributed by atoms with Gasteiger partial charge in [-0.15, -0.1) is 0 Å². The van der Waals surface area contributed by atoms with Crippen LogP contribution in [0.3, 0.4) is 0 Å². The molecule has 0 bridgehead atoms. The molecule has 0 radical (unpaired) electrons. The molecular formula is C32H42F2N2O4S. The van der Waals surface area contributed by atoms with Crippen LogP contribution in [0.2, 0.25) is 0 Å². The molecule has 3 atom stereocenters. The van der Waals surface area contributed by atoms with Crippen LogP contribution < -0.4 is 5.32 Å². The van der Waals surface area contributed by atoms with Crippen molar-refractivity contribution in [1.29, 1.82) is 0 Å². The lowest BCUT2D eigenvalue weighted by molar-refractivity contribution is -0.139. The lowest BCUT2D eigenvalue weighted by Crippen LogP contribution is -2.44. The molecule has 41 heavy (non-hydrogen) atoms. The van der Waals surface area contributed by atoms with E-state index in [-0.39, 0.29) is 25.0 Å². The van der Waals surface area contributed by atoms with Crippen LogP contribution in [0.1, 0.15) is 66.4 Å². The molecule has 2 aliphatic rings. The number of nitrogens with one attached hydrogen (secondary N) is 1. The number of halogens is 2. The Labute approximate surface area is 246 Å². The number of carbonyl (C=O) groups excluding carboxylic acids is 1. The third kappa shape index (κ3) is 7.87. The van der Waals surface area contributed by atoms with Gasteiger partial charge < -0.3 is 15.2 Å². The summed E-state index contributed by atoms with van der Waals surface area (Å²) in [4.78, 5) is 27.1. The molecule has 2 aromatic rings. The number of benzene rings is 2. The number of aliphatic carboxylic acids is 1. The molecule has 4 rings (SSSR count). The predicted molar refractivity (Wildman–Crippen MR) is 160 cm³/mol. The largest absolute Gasteiger partial charge is 0.480 e. The molecular weight excluding hydrogens is 546 g/mol. The first-order valence-corrected chi connectivity index (χ1v) is 15.9. The van der Waals surface area contributed by atoms with Crippen LogP contribution in [-0.4, -0.2) is 71.7 Å². The quantitative estimate of drug-likeness (QED) is 0.299. The summed E-state index contributed by atoms with van der Waals surface area (Å²) in [6, 6.07) is 11.7. The number of likely N-dealkylation sites (tertiary alicyclic amines) is 1. The number of ether oxygens (including phenoxy) is 1. The minimum absolute atomic E-state index is 0.222. The molecule has 1 aliphatic carbocycles. The molecule has 0 aromatic heterocycles. The zero-order valence-electron chi connectivity index (χ0n) is 24.2. The van der Waals surface area contributed by atoms with Crippen molar-refractivity contribution in [3.8, 4) is 11.1 Å². The van der Waals surface area contributed by atoms with Crippen LogP contribution in [0.5, 0.6) is 0 Å². The maximum absolute atomic E-state index is 14.9. The van der Waals surface area contributed by atoms with Gasteiger partial charge in [-0.25, -0.2) is 13.6 Å². The maximum atomic E-state index is 14.9. The van der Waals surface area contributed by atoms with E-state index in [1.807, 2.05) is 48.4 Å². The van der Waals surface area contributed by atoms with E-state index in [0.717, 1.165) is 42.4 Å². The van der Waals surface area contributed by atoms with E-state index in [1.54, 1.807) is 19.2 Å². The summed E-state index contributed by atoms with van der Waals surface area (Å²) in [7, 11) is 1.64. The van der Waals surface area contributed by atoms with Gasteiger partial charge in [0.25, 0.3) is 11.8 Å². The van der Waals surface area contributed by atoms with Crippen molar-refractivity contribution >= 4 is 23.6 Å². The van der Waals surface area contributed by atoms with Gasteiger partial charge in [-0.2, -0.15) is 11.8 Å². The topological polar surface area (TPSA) is 78.9 Å². The van der Waals surface area contributed by atoms with E-state index < -0.39 is 29.9 Å². The first-order valence-electron chi connectivity index (χ1n) is 14.5. The molecule has 224 valence electrons. The van der Waals surface area contributed by atoms with Crippen molar-refractivity contribution in [3.63, 3.8) is 0 Å². The first kappa shape index (κ1) is 31.4. The number of hydrogen-bond donors (Lipinski definition) is 2. The SMILES string of the molecule is COC(C1CCCCC1)[C@@H]1CC(F)(F)CN1Cc1ccc(C(=O)N[C@@H](CCSC)C(=O)O)c(-c2ccccc2C)c1. The number of alkyl halides is 2. The minimum atomic E-state index is -2.79. The van der Waals surface area contributed by atoms with E-state index >= 15 is 0 Å². The number of carboxylic acids is 1. The van der Waals surface area contributed by atoms with Crippen LogP contribution in [0.15, 0.2) is 42.5 Å². The standard InChI is InChI=1S/C32H42F2N2O4S/c1-21-9-7-8-12-24(21)26-17-22(13-14-25(26)30(37)35-27(31(38)39)15-16-41-3)19-36-20-32(33,34)18-28(36)29(40-2)23-10-5-4-6-11-23/h7-9,12-14,17,23,27-29H,4-6,10-11,15-16,18-20H2,1-3H3,(H,35,37)(H,38,39)/t27-,28-,29?/m0/s1. The molecule has 1 saturated carbocycles. The Morgan fingerprint density at radius 2 is 1.88 bits per heavy atom. The summed E-state index contributed by atoms with van der Waals surface area (Å²) in [6.07, 6.45) is 7.14. The van der Waals surface area contributed by atoms with Gasteiger partial charge in [0.1, 0.15) is 6.04 Å². The maximum Gasteiger partial charge on any atom is 0.326 e. The number of nitrogens with zero attached hydrogens (tertiary/aromatic N) is 1. The lowest BCUT2D eigenvalue weighted by atomic mass is 9.81. The zero-order valence-corrected chi connectivity index (χ0v) is 25.0. The second kappa shape index (κ2) is 14.1. The van der Waals surface area contributed by atoms with Gasteiger partial charge in [-0.3, -0.25) is 9.69 Å². The highest BCUT2D eigenvalue weighted by atomic mass is 32.2. The molecule has 1 aliphatic heterocycles. The molecule has 9 heteroatoms. The molecule has 2 fully saturated rings. The third-order valence-electron chi connectivity index (χ3n) is 8.54. The summed E-state index contributed by atoms with van der Waals surface area (Å²) in [5.74, 6) is -3.46. The number of carboxylic acid groups (broad SMARTS) is 1.